The highest BCUT2D eigenvalue weighted by molar-refractivity contribution is 6.42. The average Bonchev–Trinajstić information content (AvgIpc) is 3.30. The average molecular weight is 321 g/mol. The van der Waals surface area contributed by atoms with E-state index in [2.05, 4.69) is 17.0 Å². The van der Waals surface area contributed by atoms with Crippen LogP contribution in [0.2, 0.25) is 10.0 Å². The number of hydrogen-bond donors (Lipinski definition) is 1. The Bertz CT molecular complexity index is 621. The molecular weight excluding hydrogens is 303 g/mol. The fraction of sp³-hybridized carbons (Fsp3) is 0.294. The zero-order valence-corrected chi connectivity index (χ0v) is 13.2. The van der Waals surface area contributed by atoms with Gasteiger partial charge in [0.25, 0.3) is 0 Å². The summed E-state index contributed by atoms with van der Waals surface area (Å²) in [5.74, 6) is 0. The van der Waals surface area contributed by atoms with Crippen LogP contribution >= 0.6 is 23.2 Å². The Morgan fingerprint density at radius 1 is 1.00 bits per heavy atom. The number of nitrogens with two attached hydrogens (primary N) is 1. The standard InChI is InChI=1S/C17H18Cl2N2/c18-16-3-1-2-13(17(16)19)11-21(15-8-9-15)10-12-4-6-14(20)7-5-12/h1-7,15H,8-11,20H2. The van der Waals surface area contributed by atoms with Crippen LogP contribution in [0.5, 0.6) is 0 Å². The second-order valence-electron chi connectivity index (χ2n) is 5.59. The highest BCUT2D eigenvalue weighted by Crippen LogP contribution is 2.33. The van der Waals surface area contributed by atoms with Gasteiger partial charge in [-0.1, -0.05) is 47.5 Å². The summed E-state index contributed by atoms with van der Waals surface area (Å²) < 4.78 is 0. The Morgan fingerprint density at radius 2 is 1.71 bits per heavy atom. The maximum absolute atomic E-state index is 6.31. The number of rotatable bonds is 5. The molecule has 0 bridgehead atoms. The van der Waals surface area contributed by atoms with Crippen molar-refractivity contribution >= 4 is 28.9 Å². The van der Waals surface area contributed by atoms with Crippen molar-refractivity contribution in [2.75, 3.05) is 5.73 Å². The van der Waals surface area contributed by atoms with Crippen LogP contribution in [0.1, 0.15) is 24.0 Å². The maximum Gasteiger partial charge on any atom is 0.0637 e. The number of anilines is 1. The molecule has 0 saturated heterocycles. The van der Waals surface area contributed by atoms with Gasteiger partial charge in [-0.25, -0.2) is 0 Å². The summed E-state index contributed by atoms with van der Waals surface area (Å²) in [5.41, 5.74) is 8.91. The van der Waals surface area contributed by atoms with E-state index in [0.29, 0.717) is 16.1 Å². The Morgan fingerprint density at radius 3 is 2.38 bits per heavy atom. The quantitative estimate of drug-likeness (QED) is 0.806. The second kappa shape index (κ2) is 6.27. The summed E-state index contributed by atoms with van der Waals surface area (Å²) in [4.78, 5) is 2.46. The van der Waals surface area contributed by atoms with E-state index in [-0.39, 0.29) is 0 Å². The van der Waals surface area contributed by atoms with E-state index in [4.69, 9.17) is 28.9 Å². The first-order valence-corrected chi connectivity index (χ1v) is 7.90. The van der Waals surface area contributed by atoms with Crippen molar-refractivity contribution in [2.24, 2.45) is 0 Å². The first-order chi connectivity index (χ1) is 10.1. The molecule has 0 heterocycles. The maximum atomic E-state index is 6.31. The summed E-state index contributed by atoms with van der Waals surface area (Å²) in [6.45, 7) is 1.74. The topological polar surface area (TPSA) is 29.3 Å². The van der Waals surface area contributed by atoms with Crippen LogP contribution in [0.4, 0.5) is 5.69 Å². The van der Waals surface area contributed by atoms with Gasteiger partial charge in [0.1, 0.15) is 0 Å². The molecule has 4 heteroatoms. The summed E-state index contributed by atoms with van der Waals surface area (Å²) in [7, 11) is 0. The molecule has 0 aromatic heterocycles. The molecule has 0 atom stereocenters. The van der Waals surface area contributed by atoms with Crippen molar-refractivity contribution in [2.45, 2.75) is 32.0 Å². The Labute approximate surface area is 135 Å². The molecule has 0 radical (unpaired) electrons. The predicted octanol–water partition coefficient (Wildman–Crippen LogP) is 4.74. The van der Waals surface area contributed by atoms with Crippen LogP contribution in [0.3, 0.4) is 0 Å². The number of nitrogens with zero attached hydrogens (tertiary/aromatic N) is 1. The third-order valence-electron chi connectivity index (χ3n) is 3.83. The molecule has 2 aromatic rings. The molecule has 0 aliphatic heterocycles. The van der Waals surface area contributed by atoms with Crippen LogP contribution in [-0.2, 0) is 13.1 Å². The SMILES string of the molecule is Nc1ccc(CN(Cc2cccc(Cl)c2Cl)C2CC2)cc1. The lowest BCUT2D eigenvalue weighted by atomic mass is 10.1. The molecule has 2 aromatic carbocycles. The van der Waals surface area contributed by atoms with E-state index in [1.807, 2.05) is 30.3 Å². The van der Waals surface area contributed by atoms with Gasteiger partial charge in [0.15, 0.2) is 0 Å². The van der Waals surface area contributed by atoms with Crippen molar-refractivity contribution in [1.82, 2.24) is 4.90 Å². The number of benzene rings is 2. The summed E-state index contributed by atoms with van der Waals surface area (Å²) >= 11 is 12.4. The molecule has 3 rings (SSSR count). The van der Waals surface area contributed by atoms with E-state index in [1.165, 1.54) is 18.4 Å². The molecule has 1 saturated carbocycles. The lowest BCUT2D eigenvalue weighted by Gasteiger charge is -2.23. The van der Waals surface area contributed by atoms with E-state index in [0.717, 1.165) is 24.3 Å². The normalized spacial score (nSPS) is 14.6. The van der Waals surface area contributed by atoms with Crippen LogP contribution in [-0.4, -0.2) is 10.9 Å². The molecule has 1 fully saturated rings. The Kier molecular flexibility index (Phi) is 4.39. The lowest BCUT2D eigenvalue weighted by molar-refractivity contribution is 0.246. The molecule has 0 spiro atoms. The number of nitrogen functional groups attached to an aromatic ring is 1. The largest absolute Gasteiger partial charge is 0.399 e. The van der Waals surface area contributed by atoms with Crippen molar-refractivity contribution in [3.8, 4) is 0 Å². The fourth-order valence-electron chi connectivity index (χ4n) is 2.50. The van der Waals surface area contributed by atoms with Gasteiger partial charge in [-0.2, -0.15) is 0 Å². The fourth-order valence-corrected chi connectivity index (χ4v) is 2.88. The van der Waals surface area contributed by atoms with Gasteiger partial charge >= 0.3 is 0 Å². The summed E-state index contributed by atoms with van der Waals surface area (Å²) in [5, 5.41) is 1.29. The van der Waals surface area contributed by atoms with Crippen molar-refractivity contribution in [1.29, 1.82) is 0 Å². The van der Waals surface area contributed by atoms with E-state index >= 15 is 0 Å². The highest BCUT2D eigenvalue weighted by Gasteiger charge is 2.29. The monoisotopic (exact) mass is 320 g/mol. The minimum Gasteiger partial charge on any atom is -0.399 e. The molecule has 110 valence electrons. The molecule has 1 aliphatic rings. The molecule has 0 unspecified atom stereocenters. The Hall–Kier alpha value is -1.22. The van der Waals surface area contributed by atoms with Gasteiger partial charge in [0.2, 0.25) is 0 Å². The van der Waals surface area contributed by atoms with E-state index in [9.17, 15) is 0 Å². The summed E-state index contributed by atoms with van der Waals surface area (Å²) in [6.07, 6.45) is 2.51. The van der Waals surface area contributed by atoms with Crippen molar-refractivity contribution in [3.63, 3.8) is 0 Å². The molecule has 0 amide bonds. The van der Waals surface area contributed by atoms with Crippen LogP contribution in [0.25, 0.3) is 0 Å². The van der Waals surface area contributed by atoms with Crippen molar-refractivity contribution in [3.05, 3.63) is 63.6 Å². The van der Waals surface area contributed by atoms with Gasteiger partial charge in [0.05, 0.1) is 10.0 Å². The van der Waals surface area contributed by atoms with Gasteiger partial charge < -0.3 is 5.73 Å². The Balaban J connectivity index is 1.76. The molecular formula is C17H18Cl2N2. The molecule has 2 nitrogen and oxygen atoms in total. The minimum atomic E-state index is 0.623. The third-order valence-corrected chi connectivity index (χ3v) is 4.69. The number of hydrogen-bond acceptors (Lipinski definition) is 2. The van der Waals surface area contributed by atoms with Crippen molar-refractivity contribution < 1.29 is 0 Å². The lowest BCUT2D eigenvalue weighted by Crippen LogP contribution is -2.25. The van der Waals surface area contributed by atoms with Crippen LogP contribution < -0.4 is 5.73 Å². The van der Waals surface area contributed by atoms with E-state index in [1.54, 1.807) is 0 Å². The summed E-state index contributed by atoms with van der Waals surface area (Å²) in [6, 6.07) is 14.6. The molecule has 2 N–H and O–H groups in total. The van der Waals surface area contributed by atoms with Crippen LogP contribution in [0, 0.1) is 0 Å². The van der Waals surface area contributed by atoms with Gasteiger partial charge in [-0.15, -0.1) is 0 Å². The predicted molar refractivity (Wildman–Crippen MR) is 89.6 cm³/mol. The van der Waals surface area contributed by atoms with E-state index < -0.39 is 0 Å². The molecule has 21 heavy (non-hydrogen) atoms. The minimum absolute atomic E-state index is 0.623. The second-order valence-corrected chi connectivity index (χ2v) is 6.38. The highest BCUT2D eigenvalue weighted by atomic mass is 35.5. The zero-order valence-electron chi connectivity index (χ0n) is 11.7. The van der Waals surface area contributed by atoms with Gasteiger partial charge in [-0.05, 0) is 42.2 Å². The first kappa shape index (κ1) is 14.7. The zero-order chi connectivity index (χ0) is 14.8. The number of halogens is 2. The molecule has 1 aliphatic carbocycles. The van der Waals surface area contributed by atoms with Gasteiger partial charge in [-0.3, -0.25) is 4.90 Å². The van der Waals surface area contributed by atoms with Crippen LogP contribution in [0.15, 0.2) is 42.5 Å². The smallest absolute Gasteiger partial charge is 0.0637 e. The van der Waals surface area contributed by atoms with Gasteiger partial charge in [0, 0.05) is 24.8 Å². The third kappa shape index (κ3) is 3.70. The first-order valence-electron chi connectivity index (χ1n) is 7.15.